The van der Waals surface area contributed by atoms with E-state index < -0.39 is 6.10 Å². The molecular formula is C11H11Cl2NO3. The molecule has 0 unspecified atom stereocenters. The number of hydrogen-bond donors (Lipinski definition) is 2. The van der Waals surface area contributed by atoms with Crippen LogP contribution in [0.3, 0.4) is 0 Å². The molecule has 0 aromatic heterocycles. The van der Waals surface area contributed by atoms with Gasteiger partial charge in [0.25, 0.3) is 5.91 Å². The summed E-state index contributed by atoms with van der Waals surface area (Å²) in [6, 6.07) is 2.88. The van der Waals surface area contributed by atoms with Crippen LogP contribution in [0.25, 0.3) is 0 Å². The summed E-state index contributed by atoms with van der Waals surface area (Å²) in [7, 11) is 0. The van der Waals surface area contributed by atoms with Gasteiger partial charge >= 0.3 is 0 Å². The minimum atomic E-state index is -0.415. The summed E-state index contributed by atoms with van der Waals surface area (Å²) < 4.78 is 5.24. The van der Waals surface area contributed by atoms with Gasteiger partial charge in [-0.3, -0.25) is 4.79 Å². The number of halogens is 2. The molecule has 92 valence electrons. The van der Waals surface area contributed by atoms with Crippen LogP contribution in [0, 0.1) is 0 Å². The number of ether oxygens (including phenoxy) is 1. The number of rotatable bonds is 2. The Kier molecular flexibility index (Phi) is 3.76. The van der Waals surface area contributed by atoms with Crippen LogP contribution < -0.4 is 5.32 Å². The smallest absolute Gasteiger partial charge is 0.253 e. The monoisotopic (exact) mass is 275 g/mol. The Hall–Kier alpha value is -0.970. The lowest BCUT2D eigenvalue weighted by Gasteiger charge is -2.11. The molecule has 1 aromatic rings. The Morgan fingerprint density at radius 2 is 2.06 bits per heavy atom. The minimum Gasteiger partial charge on any atom is -0.505 e. The Bertz CT molecular complexity index is 421. The van der Waals surface area contributed by atoms with Gasteiger partial charge in [-0.05, 0) is 25.0 Å². The number of benzene rings is 1. The first kappa shape index (κ1) is 12.5. The van der Waals surface area contributed by atoms with Crippen LogP contribution in [0.4, 0.5) is 5.69 Å². The van der Waals surface area contributed by atoms with E-state index in [1.165, 1.54) is 12.1 Å². The number of anilines is 1. The number of carbonyl (C=O) groups excluding carboxylic acids is 1. The Balaban J connectivity index is 2.10. The van der Waals surface area contributed by atoms with Crippen LogP contribution in [-0.2, 0) is 9.53 Å². The van der Waals surface area contributed by atoms with Crippen LogP contribution in [0.2, 0.25) is 10.0 Å². The number of phenolic OH excluding ortho intramolecular Hbond substituents is 1. The highest BCUT2D eigenvalue weighted by Gasteiger charge is 2.23. The standard InChI is InChI=1S/C11H11Cl2NO3/c12-7-4-6(5-8(13)10(7)15)14-11(16)9-2-1-3-17-9/h4-5,9,15H,1-3H2,(H,14,16)/t9-/m0/s1. The molecule has 0 radical (unpaired) electrons. The van der Waals surface area contributed by atoms with Gasteiger partial charge in [0.2, 0.25) is 0 Å². The quantitative estimate of drug-likeness (QED) is 0.816. The van der Waals surface area contributed by atoms with Crippen molar-refractivity contribution in [1.29, 1.82) is 0 Å². The van der Waals surface area contributed by atoms with Crippen LogP contribution in [0.15, 0.2) is 12.1 Å². The first-order chi connectivity index (χ1) is 8.08. The van der Waals surface area contributed by atoms with Crippen LogP contribution >= 0.6 is 23.2 Å². The molecule has 1 aliphatic heterocycles. The molecule has 1 saturated heterocycles. The average Bonchev–Trinajstić information content (AvgIpc) is 2.79. The van der Waals surface area contributed by atoms with Gasteiger partial charge in [-0.1, -0.05) is 23.2 Å². The fourth-order valence-electron chi connectivity index (χ4n) is 1.64. The third kappa shape index (κ3) is 2.83. The molecule has 0 spiro atoms. The van der Waals surface area contributed by atoms with Gasteiger partial charge in [0, 0.05) is 12.3 Å². The number of phenols is 1. The summed E-state index contributed by atoms with van der Waals surface area (Å²) in [5, 5.41) is 12.2. The third-order valence-electron chi connectivity index (χ3n) is 2.51. The van der Waals surface area contributed by atoms with E-state index in [1.54, 1.807) is 0 Å². The van der Waals surface area contributed by atoms with Gasteiger partial charge < -0.3 is 15.2 Å². The zero-order valence-electron chi connectivity index (χ0n) is 8.87. The van der Waals surface area contributed by atoms with E-state index in [2.05, 4.69) is 5.32 Å². The molecule has 6 heteroatoms. The Labute approximate surface area is 108 Å². The zero-order chi connectivity index (χ0) is 12.4. The highest BCUT2D eigenvalue weighted by atomic mass is 35.5. The normalized spacial score (nSPS) is 19.3. The highest BCUT2D eigenvalue weighted by Crippen LogP contribution is 2.34. The van der Waals surface area contributed by atoms with Crippen molar-refractivity contribution < 1.29 is 14.6 Å². The largest absolute Gasteiger partial charge is 0.505 e. The highest BCUT2D eigenvalue weighted by molar-refractivity contribution is 6.37. The Morgan fingerprint density at radius 3 is 2.59 bits per heavy atom. The molecule has 1 amide bonds. The molecule has 1 atom stereocenters. The van der Waals surface area contributed by atoms with Crippen LogP contribution in [0.1, 0.15) is 12.8 Å². The molecule has 1 aromatic carbocycles. The lowest BCUT2D eigenvalue weighted by molar-refractivity contribution is -0.124. The number of amides is 1. The topological polar surface area (TPSA) is 58.6 Å². The van der Waals surface area contributed by atoms with Crippen molar-refractivity contribution in [3.8, 4) is 5.75 Å². The molecule has 1 fully saturated rings. The average molecular weight is 276 g/mol. The number of nitrogens with one attached hydrogen (secondary N) is 1. The zero-order valence-corrected chi connectivity index (χ0v) is 10.4. The summed E-state index contributed by atoms with van der Waals surface area (Å²) in [6.07, 6.45) is 1.18. The van der Waals surface area contributed by atoms with Crippen molar-refractivity contribution in [3.63, 3.8) is 0 Å². The van der Waals surface area contributed by atoms with Crippen molar-refractivity contribution in [3.05, 3.63) is 22.2 Å². The fraction of sp³-hybridized carbons (Fsp3) is 0.364. The summed E-state index contributed by atoms with van der Waals surface area (Å²) in [6.45, 7) is 0.606. The lowest BCUT2D eigenvalue weighted by Crippen LogP contribution is -2.26. The van der Waals surface area contributed by atoms with Gasteiger partial charge in [-0.25, -0.2) is 0 Å². The van der Waals surface area contributed by atoms with E-state index in [1.807, 2.05) is 0 Å². The van der Waals surface area contributed by atoms with Gasteiger partial charge in [0.05, 0.1) is 10.0 Å². The summed E-state index contributed by atoms with van der Waals surface area (Å²) in [4.78, 5) is 11.7. The lowest BCUT2D eigenvalue weighted by atomic mass is 10.2. The number of carbonyl (C=O) groups is 1. The number of aromatic hydroxyl groups is 1. The summed E-state index contributed by atoms with van der Waals surface area (Å²) in [5.41, 5.74) is 0.443. The van der Waals surface area contributed by atoms with E-state index in [-0.39, 0.29) is 21.7 Å². The predicted octanol–water partition coefficient (Wildman–Crippen LogP) is 2.82. The molecule has 0 aliphatic carbocycles. The molecule has 1 heterocycles. The predicted molar refractivity (Wildman–Crippen MR) is 65.7 cm³/mol. The van der Waals surface area contributed by atoms with Crippen molar-refractivity contribution in [1.82, 2.24) is 0 Å². The van der Waals surface area contributed by atoms with Gasteiger partial charge in [0.15, 0.2) is 5.75 Å². The van der Waals surface area contributed by atoms with E-state index in [9.17, 15) is 9.90 Å². The van der Waals surface area contributed by atoms with Gasteiger partial charge in [0.1, 0.15) is 6.10 Å². The van der Waals surface area contributed by atoms with Crippen molar-refractivity contribution in [2.75, 3.05) is 11.9 Å². The van der Waals surface area contributed by atoms with E-state index in [0.29, 0.717) is 18.7 Å². The van der Waals surface area contributed by atoms with E-state index in [4.69, 9.17) is 27.9 Å². The molecule has 2 N–H and O–H groups in total. The van der Waals surface area contributed by atoms with Crippen LogP contribution in [-0.4, -0.2) is 23.7 Å². The van der Waals surface area contributed by atoms with Crippen LogP contribution in [0.5, 0.6) is 5.75 Å². The second kappa shape index (κ2) is 5.12. The second-order valence-electron chi connectivity index (χ2n) is 3.78. The maximum absolute atomic E-state index is 11.7. The van der Waals surface area contributed by atoms with Gasteiger partial charge in [-0.2, -0.15) is 0 Å². The van der Waals surface area contributed by atoms with Gasteiger partial charge in [-0.15, -0.1) is 0 Å². The number of hydrogen-bond acceptors (Lipinski definition) is 3. The van der Waals surface area contributed by atoms with E-state index >= 15 is 0 Å². The van der Waals surface area contributed by atoms with Crippen molar-refractivity contribution in [2.45, 2.75) is 18.9 Å². The first-order valence-electron chi connectivity index (χ1n) is 5.18. The molecule has 0 bridgehead atoms. The molecule has 17 heavy (non-hydrogen) atoms. The maximum Gasteiger partial charge on any atom is 0.253 e. The molecular weight excluding hydrogens is 265 g/mol. The summed E-state index contributed by atoms with van der Waals surface area (Å²) in [5.74, 6) is -0.413. The third-order valence-corrected chi connectivity index (χ3v) is 3.08. The molecule has 1 aliphatic rings. The summed E-state index contributed by atoms with van der Waals surface area (Å²) >= 11 is 11.5. The molecule has 4 nitrogen and oxygen atoms in total. The SMILES string of the molecule is O=C(Nc1cc(Cl)c(O)c(Cl)c1)[C@@H]1CCCO1. The molecule has 0 saturated carbocycles. The minimum absolute atomic E-state index is 0.0974. The molecule has 2 rings (SSSR count). The van der Waals surface area contributed by atoms with Crippen molar-refractivity contribution in [2.24, 2.45) is 0 Å². The maximum atomic E-state index is 11.7. The first-order valence-corrected chi connectivity index (χ1v) is 5.94. The van der Waals surface area contributed by atoms with Crippen molar-refractivity contribution >= 4 is 34.8 Å². The fourth-order valence-corrected chi connectivity index (χ4v) is 2.13. The van der Waals surface area contributed by atoms with E-state index in [0.717, 1.165) is 6.42 Å². The second-order valence-corrected chi connectivity index (χ2v) is 4.59. The Morgan fingerprint density at radius 1 is 1.41 bits per heavy atom.